The summed E-state index contributed by atoms with van der Waals surface area (Å²) in [5.74, 6) is 1.79. The number of benzene rings is 9. The third-order valence-corrected chi connectivity index (χ3v) is 11.4. The van der Waals surface area contributed by atoms with Gasteiger partial charge in [0, 0.05) is 49.2 Å². The lowest BCUT2D eigenvalue weighted by Crippen LogP contribution is -2.07. The van der Waals surface area contributed by atoms with Crippen molar-refractivity contribution >= 4 is 65.3 Å². The van der Waals surface area contributed by atoms with Crippen LogP contribution in [0.4, 0.5) is 0 Å². The maximum absolute atomic E-state index is 6.52. The molecule has 12 aromatic rings. The Morgan fingerprint density at radius 2 is 0.845 bits per heavy atom. The predicted molar refractivity (Wildman–Crippen MR) is 238 cm³/mol. The minimum atomic E-state index is 0.559. The number of para-hydroxylation sites is 3. The van der Waals surface area contributed by atoms with Crippen LogP contribution < -0.4 is 0 Å². The first-order chi connectivity index (χ1) is 28.8. The van der Waals surface area contributed by atoms with E-state index in [9.17, 15) is 0 Å². The molecule has 3 aromatic heterocycles. The summed E-state index contributed by atoms with van der Waals surface area (Å²) < 4.78 is 8.81. The lowest BCUT2D eigenvalue weighted by atomic mass is 9.95. The molecule has 270 valence electrons. The highest BCUT2D eigenvalue weighted by Crippen LogP contribution is 2.45. The van der Waals surface area contributed by atoms with Crippen molar-refractivity contribution in [2.75, 3.05) is 0 Å². The minimum Gasteiger partial charge on any atom is -0.455 e. The van der Waals surface area contributed by atoms with E-state index >= 15 is 0 Å². The van der Waals surface area contributed by atoms with Crippen LogP contribution in [-0.2, 0) is 0 Å². The van der Waals surface area contributed by atoms with Gasteiger partial charge >= 0.3 is 0 Å². The van der Waals surface area contributed by atoms with Crippen LogP contribution in [-0.4, -0.2) is 19.5 Å². The second-order valence-corrected chi connectivity index (χ2v) is 14.7. The summed E-state index contributed by atoms with van der Waals surface area (Å²) in [7, 11) is 0. The average molecular weight is 741 g/mol. The number of rotatable bonds is 5. The molecular weight excluding hydrogens is 709 g/mol. The fraction of sp³-hybridized carbons (Fsp3) is 0. The highest BCUT2D eigenvalue weighted by atomic mass is 16.3. The van der Waals surface area contributed by atoms with E-state index in [1.54, 1.807) is 0 Å². The van der Waals surface area contributed by atoms with Crippen molar-refractivity contribution in [2.24, 2.45) is 0 Å². The summed E-state index contributed by atoms with van der Waals surface area (Å²) in [4.78, 5) is 15.8. The normalized spacial score (nSPS) is 11.8. The van der Waals surface area contributed by atoms with Crippen LogP contribution in [0.5, 0.6) is 0 Å². The Morgan fingerprint density at radius 1 is 0.345 bits per heavy atom. The van der Waals surface area contributed by atoms with Crippen LogP contribution >= 0.6 is 0 Å². The largest absolute Gasteiger partial charge is 0.455 e. The maximum atomic E-state index is 6.52. The van der Waals surface area contributed by atoms with E-state index < -0.39 is 0 Å². The van der Waals surface area contributed by atoms with Gasteiger partial charge in [0.15, 0.2) is 11.6 Å². The highest BCUT2D eigenvalue weighted by molar-refractivity contribution is 6.33. The van der Waals surface area contributed by atoms with E-state index in [0.29, 0.717) is 17.6 Å². The average Bonchev–Trinajstić information content (AvgIpc) is 3.87. The van der Waals surface area contributed by atoms with Crippen molar-refractivity contribution in [3.8, 4) is 51.0 Å². The second kappa shape index (κ2) is 12.8. The van der Waals surface area contributed by atoms with Crippen molar-refractivity contribution in [3.05, 3.63) is 194 Å². The van der Waals surface area contributed by atoms with Crippen molar-refractivity contribution in [1.82, 2.24) is 19.5 Å². The van der Waals surface area contributed by atoms with Gasteiger partial charge in [-0.1, -0.05) is 182 Å². The maximum Gasteiger partial charge on any atom is 0.238 e. The third kappa shape index (κ3) is 4.93. The fourth-order valence-corrected chi connectivity index (χ4v) is 8.88. The molecule has 0 amide bonds. The topological polar surface area (TPSA) is 56.7 Å². The molecule has 0 aliphatic rings. The summed E-state index contributed by atoms with van der Waals surface area (Å²) in [6, 6.07) is 67.9. The zero-order valence-corrected chi connectivity index (χ0v) is 31.2. The molecule has 5 heteroatoms. The summed E-state index contributed by atoms with van der Waals surface area (Å²) in [6.07, 6.45) is 0. The lowest BCUT2D eigenvalue weighted by Gasteiger charge is -2.14. The molecule has 58 heavy (non-hydrogen) atoms. The molecule has 0 atom stereocenters. The molecule has 0 bridgehead atoms. The molecule has 0 spiro atoms. The summed E-state index contributed by atoms with van der Waals surface area (Å²) in [5, 5.41) is 9.22. The Kier molecular flexibility index (Phi) is 7.16. The molecule has 0 aliphatic carbocycles. The highest BCUT2D eigenvalue weighted by Gasteiger charge is 2.24. The predicted octanol–water partition coefficient (Wildman–Crippen LogP) is 13.8. The first-order valence-corrected chi connectivity index (χ1v) is 19.5. The molecular formula is C53H32N4O. The van der Waals surface area contributed by atoms with Gasteiger partial charge in [-0.25, -0.2) is 4.98 Å². The smallest absolute Gasteiger partial charge is 0.238 e. The molecule has 0 unspecified atom stereocenters. The molecule has 0 saturated carbocycles. The fourth-order valence-electron chi connectivity index (χ4n) is 8.88. The standard InChI is InChI=1S/C53H32N4O/c1-3-16-33(17-4-1)51-54-52(34-18-5-2-6-19-34)56-53(55-51)57-48-37(27-14-30-45(48)47-42-25-9-7-22-39(42)40-23-8-10-26-43(40)49(47)57)35-20-13-21-36(32-35)38-28-15-29-44-41-24-11-12-31-46(41)58-50(38)44/h1-32H. The van der Waals surface area contributed by atoms with Gasteiger partial charge in [0.1, 0.15) is 11.2 Å². The van der Waals surface area contributed by atoms with Crippen LogP contribution in [0.1, 0.15) is 0 Å². The minimum absolute atomic E-state index is 0.559. The Labute approximate surface area is 333 Å². The Balaban J connectivity index is 1.21. The van der Waals surface area contributed by atoms with Crippen molar-refractivity contribution in [3.63, 3.8) is 0 Å². The molecule has 0 N–H and O–H groups in total. The van der Waals surface area contributed by atoms with Gasteiger partial charge in [-0.3, -0.25) is 4.57 Å². The van der Waals surface area contributed by atoms with Gasteiger partial charge in [-0.2, -0.15) is 9.97 Å². The monoisotopic (exact) mass is 740 g/mol. The molecule has 12 rings (SSSR count). The molecule has 0 aliphatic heterocycles. The second-order valence-electron chi connectivity index (χ2n) is 14.7. The van der Waals surface area contributed by atoms with E-state index in [2.05, 4.69) is 150 Å². The SMILES string of the molecule is c1ccc(-c2nc(-c3ccccc3)nc(-n3c4c(-c5cccc(-c6cccc7c6oc6ccccc67)c5)cccc4c4c5ccccc5c5ccccc5c43)n2)cc1. The Morgan fingerprint density at radius 3 is 1.55 bits per heavy atom. The zero-order valence-electron chi connectivity index (χ0n) is 31.2. The van der Waals surface area contributed by atoms with E-state index in [4.69, 9.17) is 19.4 Å². The van der Waals surface area contributed by atoms with Crippen LogP contribution in [0.2, 0.25) is 0 Å². The van der Waals surface area contributed by atoms with Gasteiger partial charge in [-0.15, -0.1) is 0 Å². The van der Waals surface area contributed by atoms with Crippen LogP contribution in [0.3, 0.4) is 0 Å². The molecule has 5 nitrogen and oxygen atoms in total. The molecule has 3 heterocycles. The summed E-state index contributed by atoms with van der Waals surface area (Å²) in [6.45, 7) is 0. The quantitative estimate of drug-likeness (QED) is 0.165. The van der Waals surface area contributed by atoms with Crippen LogP contribution in [0.15, 0.2) is 199 Å². The van der Waals surface area contributed by atoms with Gasteiger partial charge in [0.05, 0.1) is 11.0 Å². The number of aromatic nitrogens is 4. The number of hydrogen-bond donors (Lipinski definition) is 0. The molecule has 9 aromatic carbocycles. The van der Waals surface area contributed by atoms with Gasteiger partial charge < -0.3 is 4.42 Å². The number of furan rings is 1. The molecule has 0 fully saturated rings. The van der Waals surface area contributed by atoms with Crippen molar-refractivity contribution in [2.45, 2.75) is 0 Å². The van der Waals surface area contributed by atoms with E-state index in [0.717, 1.165) is 82.5 Å². The summed E-state index contributed by atoms with van der Waals surface area (Å²) in [5.41, 5.74) is 9.99. The number of hydrogen-bond acceptors (Lipinski definition) is 4. The first kappa shape index (κ1) is 32.4. The van der Waals surface area contributed by atoms with E-state index in [1.807, 2.05) is 48.5 Å². The van der Waals surface area contributed by atoms with Crippen LogP contribution in [0, 0.1) is 0 Å². The van der Waals surface area contributed by atoms with Gasteiger partial charge in [-0.05, 0) is 39.4 Å². The van der Waals surface area contributed by atoms with Crippen LogP contribution in [0.25, 0.3) is 116 Å². The van der Waals surface area contributed by atoms with E-state index in [-0.39, 0.29) is 0 Å². The number of nitrogens with zero attached hydrogens (tertiary/aromatic N) is 4. The Hall–Kier alpha value is -7.89. The van der Waals surface area contributed by atoms with E-state index in [1.165, 1.54) is 16.2 Å². The Bertz CT molecular complexity index is 3510. The molecule has 0 radical (unpaired) electrons. The van der Waals surface area contributed by atoms with Crippen molar-refractivity contribution < 1.29 is 4.42 Å². The number of fused-ring (bicyclic) bond motifs is 11. The zero-order chi connectivity index (χ0) is 38.2. The first-order valence-electron chi connectivity index (χ1n) is 19.5. The summed E-state index contributed by atoms with van der Waals surface area (Å²) >= 11 is 0. The van der Waals surface area contributed by atoms with Gasteiger partial charge in [0.2, 0.25) is 5.95 Å². The van der Waals surface area contributed by atoms with Crippen molar-refractivity contribution in [1.29, 1.82) is 0 Å². The third-order valence-electron chi connectivity index (χ3n) is 11.4. The van der Waals surface area contributed by atoms with Gasteiger partial charge in [0.25, 0.3) is 0 Å². The lowest BCUT2D eigenvalue weighted by molar-refractivity contribution is 0.670. The molecule has 0 saturated heterocycles.